The maximum atomic E-state index is 5.70. The molecule has 0 spiro atoms. The molecule has 5 heteroatoms. The number of aryl methyl sites for hydroxylation is 2. The summed E-state index contributed by atoms with van der Waals surface area (Å²) in [5.41, 5.74) is 8.48. The van der Waals surface area contributed by atoms with Crippen molar-refractivity contribution >= 4 is 5.69 Å². The molecule has 1 aliphatic heterocycles. The molecule has 1 aromatic heterocycles. The zero-order valence-corrected chi connectivity index (χ0v) is 18.1. The van der Waals surface area contributed by atoms with Gasteiger partial charge in [0, 0.05) is 24.3 Å². The van der Waals surface area contributed by atoms with Crippen molar-refractivity contribution in [2.24, 2.45) is 0 Å². The predicted molar refractivity (Wildman–Crippen MR) is 120 cm³/mol. The Labute approximate surface area is 178 Å². The highest BCUT2D eigenvalue weighted by Gasteiger charge is 2.24. The molecule has 0 bridgehead atoms. The SMILES string of the molecule is Cc1cc(NC=C2COC(C)(C)OC2)cc(C)c1Cc1ccc(-n2cccn2)cc1. The zero-order valence-electron chi connectivity index (χ0n) is 18.1. The lowest BCUT2D eigenvalue weighted by Gasteiger charge is -2.31. The Bertz CT molecular complexity index is 1000. The van der Waals surface area contributed by atoms with Crippen molar-refractivity contribution < 1.29 is 9.47 Å². The maximum absolute atomic E-state index is 5.70. The number of ether oxygens (including phenoxy) is 2. The van der Waals surface area contributed by atoms with Gasteiger partial charge in [0.2, 0.25) is 0 Å². The molecule has 0 unspecified atom stereocenters. The Morgan fingerprint density at radius 2 is 1.73 bits per heavy atom. The van der Waals surface area contributed by atoms with Crippen LogP contribution in [-0.4, -0.2) is 28.8 Å². The van der Waals surface area contributed by atoms with Crippen molar-refractivity contribution in [3.8, 4) is 5.69 Å². The average Bonchev–Trinajstić information content (AvgIpc) is 3.25. The number of rotatable bonds is 5. The Morgan fingerprint density at radius 1 is 1.07 bits per heavy atom. The normalized spacial score (nSPS) is 15.8. The lowest BCUT2D eigenvalue weighted by molar-refractivity contribution is -0.225. The van der Waals surface area contributed by atoms with Crippen molar-refractivity contribution in [3.63, 3.8) is 0 Å². The zero-order chi connectivity index (χ0) is 21.1. The molecule has 0 aliphatic carbocycles. The maximum Gasteiger partial charge on any atom is 0.163 e. The third-order valence-electron chi connectivity index (χ3n) is 5.44. The average molecular weight is 404 g/mol. The van der Waals surface area contributed by atoms with Gasteiger partial charge in [-0.05, 0) is 92.3 Å². The minimum Gasteiger partial charge on any atom is -0.362 e. The predicted octanol–water partition coefficient (Wildman–Crippen LogP) is 5.16. The van der Waals surface area contributed by atoms with Crippen molar-refractivity contribution in [1.82, 2.24) is 9.78 Å². The fraction of sp³-hybridized carbons (Fsp3) is 0.320. The van der Waals surface area contributed by atoms with Gasteiger partial charge in [-0.3, -0.25) is 0 Å². The molecule has 4 rings (SSSR count). The summed E-state index contributed by atoms with van der Waals surface area (Å²) >= 11 is 0. The van der Waals surface area contributed by atoms with Crippen LogP contribution in [0.5, 0.6) is 0 Å². The molecule has 2 heterocycles. The van der Waals surface area contributed by atoms with Gasteiger partial charge in [0.25, 0.3) is 0 Å². The van der Waals surface area contributed by atoms with Crippen LogP contribution >= 0.6 is 0 Å². The van der Waals surface area contributed by atoms with Gasteiger partial charge in [-0.2, -0.15) is 5.10 Å². The van der Waals surface area contributed by atoms with Crippen LogP contribution in [0.4, 0.5) is 5.69 Å². The van der Waals surface area contributed by atoms with Crippen LogP contribution in [0.3, 0.4) is 0 Å². The van der Waals surface area contributed by atoms with E-state index in [9.17, 15) is 0 Å². The van der Waals surface area contributed by atoms with Crippen LogP contribution in [0.25, 0.3) is 5.69 Å². The Balaban J connectivity index is 1.44. The molecule has 1 fully saturated rings. The van der Waals surface area contributed by atoms with Crippen molar-refractivity contribution in [1.29, 1.82) is 0 Å². The van der Waals surface area contributed by atoms with E-state index >= 15 is 0 Å². The van der Waals surface area contributed by atoms with Gasteiger partial charge < -0.3 is 14.8 Å². The Kier molecular flexibility index (Phi) is 5.75. The summed E-state index contributed by atoms with van der Waals surface area (Å²) in [5.74, 6) is -0.497. The van der Waals surface area contributed by atoms with Crippen molar-refractivity contribution in [2.75, 3.05) is 18.5 Å². The summed E-state index contributed by atoms with van der Waals surface area (Å²) in [5, 5.41) is 7.69. The fourth-order valence-corrected chi connectivity index (χ4v) is 3.63. The molecule has 0 saturated carbocycles. The van der Waals surface area contributed by atoms with E-state index in [0.717, 1.165) is 23.4 Å². The third kappa shape index (κ3) is 4.81. The van der Waals surface area contributed by atoms with E-state index in [1.54, 1.807) is 6.20 Å². The second kappa shape index (κ2) is 8.46. The first-order valence-corrected chi connectivity index (χ1v) is 10.3. The fourth-order valence-electron chi connectivity index (χ4n) is 3.63. The van der Waals surface area contributed by atoms with E-state index in [1.165, 1.54) is 22.3 Å². The summed E-state index contributed by atoms with van der Waals surface area (Å²) in [7, 11) is 0. The molecule has 5 nitrogen and oxygen atoms in total. The van der Waals surface area contributed by atoms with E-state index in [-0.39, 0.29) is 0 Å². The smallest absolute Gasteiger partial charge is 0.163 e. The molecule has 3 aromatic rings. The molecule has 1 saturated heterocycles. The lowest BCUT2D eigenvalue weighted by atomic mass is 9.95. The van der Waals surface area contributed by atoms with E-state index in [2.05, 4.69) is 60.7 Å². The summed E-state index contributed by atoms with van der Waals surface area (Å²) in [4.78, 5) is 0. The van der Waals surface area contributed by atoms with Crippen LogP contribution < -0.4 is 5.32 Å². The number of nitrogens with one attached hydrogen (secondary N) is 1. The minimum atomic E-state index is -0.497. The molecule has 30 heavy (non-hydrogen) atoms. The molecule has 1 N–H and O–H groups in total. The summed E-state index contributed by atoms with van der Waals surface area (Å²) in [6.07, 6.45) is 6.66. The molecule has 0 amide bonds. The van der Waals surface area contributed by atoms with Crippen LogP contribution in [0.15, 0.2) is 66.6 Å². The van der Waals surface area contributed by atoms with Gasteiger partial charge in [-0.1, -0.05) is 12.1 Å². The van der Waals surface area contributed by atoms with Gasteiger partial charge in [0.15, 0.2) is 5.79 Å². The topological polar surface area (TPSA) is 48.3 Å². The number of hydrogen-bond donors (Lipinski definition) is 1. The molecular weight excluding hydrogens is 374 g/mol. The molecular formula is C25H29N3O2. The number of hydrogen-bond acceptors (Lipinski definition) is 4. The minimum absolute atomic E-state index is 0.497. The monoisotopic (exact) mass is 403 g/mol. The quantitative estimate of drug-likeness (QED) is 0.639. The largest absolute Gasteiger partial charge is 0.362 e. The highest BCUT2D eigenvalue weighted by Crippen LogP contribution is 2.25. The van der Waals surface area contributed by atoms with Crippen molar-refractivity contribution in [3.05, 3.63) is 88.9 Å². The molecule has 2 aromatic carbocycles. The van der Waals surface area contributed by atoms with Crippen LogP contribution in [0.2, 0.25) is 0 Å². The van der Waals surface area contributed by atoms with Crippen LogP contribution in [0.1, 0.15) is 36.1 Å². The Hall–Kier alpha value is -2.89. The highest BCUT2D eigenvalue weighted by molar-refractivity contribution is 5.55. The second-order valence-corrected chi connectivity index (χ2v) is 8.31. The standard InChI is InChI=1S/C25H29N3O2/c1-18-12-22(26-15-21-16-29-25(3,4)30-17-21)13-19(2)24(18)14-20-6-8-23(9-7-20)28-11-5-10-27-28/h5-13,15,26H,14,16-17H2,1-4H3. The molecule has 0 atom stereocenters. The van der Waals surface area contributed by atoms with Gasteiger partial charge >= 0.3 is 0 Å². The van der Waals surface area contributed by atoms with E-state index in [0.29, 0.717) is 13.2 Å². The summed E-state index contributed by atoms with van der Waals surface area (Å²) < 4.78 is 13.3. The second-order valence-electron chi connectivity index (χ2n) is 8.31. The van der Waals surface area contributed by atoms with Crippen molar-refractivity contribution in [2.45, 2.75) is 39.9 Å². The molecule has 156 valence electrons. The number of nitrogens with zero attached hydrogens (tertiary/aromatic N) is 2. The lowest BCUT2D eigenvalue weighted by Crippen LogP contribution is -2.35. The molecule has 0 radical (unpaired) electrons. The van der Waals surface area contributed by atoms with Gasteiger partial charge in [0.05, 0.1) is 18.9 Å². The number of anilines is 1. The summed E-state index contributed by atoms with van der Waals surface area (Å²) in [6, 6.07) is 14.9. The highest BCUT2D eigenvalue weighted by atomic mass is 16.7. The van der Waals surface area contributed by atoms with Gasteiger partial charge in [-0.15, -0.1) is 0 Å². The first-order chi connectivity index (χ1) is 14.4. The van der Waals surface area contributed by atoms with Gasteiger partial charge in [-0.25, -0.2) is 4.68 Å². The number of benzene rings is 2. The summed E-state index contributed by atoms with van der Waals surface area (Å²) in [6.45, 7) is 9.40. The third-order valence-corrected chi connectivity index (χ3v) is 5.44. The first kappa shape index (κ1) is 20.4. The molecule has 1 aliphatic rings. The Morgan fingerprint density at radius 3 is 2.33 bits per heavy atom. The van der Waals surface area contributed by atoms with E-state index in [1.807, 2.05) is 37.0 Å². The van der Waals surface area contributed by atoms with Crippen LogP contribution in [0, 0.1) is 13.8 Å². The first-order valence-electron chi connectivity index (χ1n) is 10.3. The van der Waals surface area contributed by atoms with E-state index in [4.69, 9.17) is 9.47 Å². The van der Waals surface area contributed by atoms with E-state index < -0.39 is 5.79 Å². The van der Waals surface area contributed by atoms with Gasteiger partial charge in [0.1, 0.15) is 0 Å². The van der Waals surface area contributed by atoms with Crippen LogP contribution in [-0.2, 0) is 15.9 Å². The number of aromatic nitrogens is 2.